The van der Waals surface area contributed by atoms with E-state index < -0.39 is 5.97 Å². The van der Waals surface area contributed by atoms with Crippen LogP contribution in [-0.4, -0.2) is 11.1 Å². The molecule has 1 N–H and O–H groups in total. The molecule has 0 aliphatic carbocycles. The maximum atomic E-state index is 11.0. The maximum absolute atomic E-state index is 11.0. The molecule has 1 aromatic carbocycles. The van der Waals surface area contributed by atoms with E-state index in [0.717, 1.165) is 10.4 Å². The standard InChI is InChI=1S/C17H14O2S2/c1-10-8-12(13-5-6-15(21-13)17(18)19)9-11(2)16(10)14-4-3-7-20-14/h3-9H,1-2H3,(H,18,19). The molecule has 3 rings (SSSR count). The van der Waals surface area contributed by atoms with Crippen molar-refractivity contribution < 1.29 is 9.90 Å². The summed E-state index contributed by atoms with van der Waals surface area (Å²) in [6.07, 6.45) is 0. The molecule has 0 saturated heterocycles. The lowest BCUT2D eigenvalue weighted by atomic mass is 9.97. The number of thiophene rings is 2. The fraction of sp³-hybridized carbons (Fsp3) is 0.118. The minimum atomic E-state index is -0.866. The summed E-state index contributed by atoms with van der Waals surface area (Å²) in [6, 6.07) is 12.0. The zero-order chi connectivity index (χ0) is 15.0. The van der Waals surface area contributed by atoms with Gasteiger partial charge in [-0.3, -0.25) is 0 Å². The Morgan fingerprint density at radius 3 is 2.29 bits per heavy atom. The van der Waals surface area contributed by atoms with Crippen LogP contribution < -0.4 is 0 Å². The number of carboxylic acids is 1. The molecule has 0 spiro atoms. The third-order valence-electron chi connectivity index (χ3n) is 3.40. The van der Waals surface area contributed by atoms with E-state index in [9.17, 15) is 4.79 Å². The van der Waals surface area contributed by atoms with Crippen molar-refractivity contribution in [3.63, 3.8) is 0 Å². The number of rotatable bonds is 3. The number of carbonyl (C=O) groups is 1. The molecule has 106 valence electrons. The molecular weight excluding hydrogens is 300 g/mol. The normalized spacial score (nSPS) is 10.8. The van der Waals surface area contributed by atoms with E-state index in [2.05, 4.69) is 43.5 Å². The summed E-state index contributed by atoms with van der Waals surface area (Å²) in [7, 11) is 0. The Bertz CT molecular complexity index is 775. The van der Waals surface area contributed by atoms with Crippen LogP contribution in [-0.2, 0) is 0 Å². The van der Waals surface area contributed by atoms with E-state index in [4.69, 9.17) is 5.11 Å². The van der Waals surface area contributed by atoms with Gasteiger partial charge in [0.1, 0.15) is 4.88 Å². The number of aromatic carboxylic acids is 1. The van der Waals surface area contributed by atoms with E-state index >= 15 is 0 Å². The molecule has 0 aliphatic heterocycles. The highest BCUT2D eigenvalue weighted by atomic mass is 32.1. The van der Waals surface area contributed by atoms with Crippen molar-refractivity contribution in [3.8, 4) is 20.9 Å². The lowest BCUT2D eigenvalue weighted by Gasteiger charge is -2.10. The van der Waals surface area contributed by atoms with Crippen LogP contribution in [0.25, 0.3) is 20.9 Å². The molecule has 0 atom stereocenters. The number of hydrogen-bond donors (Lipinski definition) is 1. The van der Waals surface area contributed by atoms with Crippen LogP contribution in [0.2, 0.25) is 0 Å². The van der Waals surface area contributed by atoms with E-state index in [1.54, 1.807) is 17.4 Å². The molecule has 2 nitrogen and oxygen atoms in total. The van der Waals surface area contributed by atoms with Crippen molar-refractivity contribution >= 4 is 28.6 Å². The van der Waals surface area contributed by atoms with Gasteiger partial charge in [-0.15, -0.1) is 22.7 Å². The van der Waals surface area contributed by atoms with Gasteiger partial charge in [0, 0.05) is 9.75 Å². The molecule has 0 bridgehead atoms. The van der Waals surface area contributed by atoms with E-state index in [1.165, 1.54) is 32.9 Å². The average Bonchev–Trinajstić information content (AvgIpc) is 3.09. The monoisotopic (exact) mass is 314 g/mol. The van der Waals surface area contributed by atoms with Crippen LogP contribution in [0, 0.1) is 13.8 Å². The highest BCUT2D eigenvalue weighted by molar-refractivity contribution is 7.17. The van der Waals surface area contributed by atoms with Crippen LogP contribution in [0.3, 0.4) is 0 Å². The van der Waals surface area contributed by atoms with Crippen LogP contribution >= 0.6 is 22.7 Å². The van der Waals surface area contributed by atoms with Crippen molar-refractivity contribution in [1.29, 1.82) is 0 Å². The van der Waals surface area contributed by atoms with Gasteiger partial charge >= 0.3 is 5.97 Å². The van der Waals surface area contributed by atoms with Gasteiger partial charge < -0.3 is 5.11 Å². The fourth-order valence-electron chi connectivity index (χ4n) is 2.52. The second kappa shape index (κ2) is 5.47. The fourth-order valence-corrected chi connectivity index (χ4v) is 4.26. The summed E-state index contributed by atoms with van der Waals surface area (Å²) in [6.45, 7) is 4.22. The summed E-state index contributed by atoms with van der Waals surface area (Å²) in [5.41, 5.74) is 4.81. The summed E-state index contributed by atoms with van der Waals surface area (Å²) < 4.78 is 0. The Hall–Kier alpha value is -1.91. The number of aryl methyl sites for hydroxylation is 2. The molecule has 0 radical (unpaired) electrons. The Morgan fingerprint density at radius 2 is 1.76 bits per heavy atom. The van der Waals surface area contributed by atoms with Gasteiger partial charge in [0.2, 0.25) is 0 Å². The van der Waals surface area contributed by atoms with Gasteiger partial charge in [0.15, 0.2) is 0 Å². The smallest absolute Gasteiger partial charge is 0.345 e. The van der Waals surface area contributed by atoms with Crippen LogP contribution in [0.15, 0.2) is 41.8 Å². The third-order valence-corrected chi connectivity index (χ3v) is 5.41. The topological polar surface area (TPSA) is 37.3 Å². The predicted octanol–water partition coefficient (Wildman–Crippen LogP) is 5.46. The first-order valence-electron chi connectivity index (χ1n) is 6.55. The molecule has 0 fully saturated rings. The van der Waals surface area contributed by atoms with Crippen LogP contribution in [0.4, 0.5) is 0 Å². The molecule has 0 aliphatic rings. The maximum Gasteiger partial charge on any atom is 0.345 e. The summed E-state index contributed by atoms with van der Waals surface area (Å²) >= 11 is 3.06. The highest BCUT2D eigenvalue weighted by Gasteiger charge is 2.12. The molecule has 3 aromatic rings. The van der Waals surface area contributed by atoms with Gasteiger partial charge in [0.05, 0.1) is 0 Å². The molecule has 2 heterocycles. The Labute approximate surface area is 131 Å². The zero-order valence-electron chi connectivity index (χ0n) is 11.7. The lowest BCUT2D eigenvalue weighted by molar-refractivity contribution is 0.0702. The highest BCUT2D eigenvalue weighted by Crippen LogP contribution is 2.36. The van der Waals surface area contributed by atoms with Crippen molar-refractivity contribution in [1.82, 2.24) is 0 Å². The predicted molar refractivity (Wildman–Crippen MR) is 89.5 cm³/mol. The largest absolute Gasteiger partial charge is 0.477 e. The molecular formula is C17H14O2S2. The molecule has 2 aromatic heterocycles. The average molecular weight is 314 g/mol. The van der Waals surface area contributed by atoms with E-state index in [1.807, 2.05) is 6.07 Å². The number of hydrogen-bond acceptors (Lipinski definition) is 3. The summed E-state index contributed by atoms with van der Waals surface area (Å²) in [5.74, 6) is -0.866. The first-order chi connectivity index (χ1) is 10.1. The number of carboxylic acid groups (broad SMARTS) is 1. The van der Waals surface area contributed by atoms with Gasteiger partial charge in [-0.25, -0.2) is 4.79 Å². The van der Waals surface area contributed by atoms with Crippen molar-refractivity contribution in [2.24, 2.45) is 0 Å². The van der Waals surface area contributed by atoms with Crippen LogP contribution in [0.5, 0.6) is 0 Å². The van der Waals surface area contributed by atoms with Crippen molar-refractivity contribution in [3.05, 3.63) is 57.8 Å². The van der Waals surface area contributed by atoms with E-state index in [0.29, 0.717) is 4.88 Å². The van der Waals surface area contributed by atoms with Gasteiger partial charge in [0.25, 0.3) is 0 Å². The Morgan fingerprint density at radius 1 is 1.05 bits per heavy atom. The molecule has 21 heavy (non-hydrogen) atoms. The third kappa shape index (κ3) is 2.64. The molecule has 0 amide bonds. The number of benzene rings is 1. The SMILES string of the molecule is Cc1cc(-c2ccc(C(=O)O)s2)cc(C)c1-c1cccs1. The second-order valence-electron chi connectivity index (χ2n) is 4.93. The molecule has 0 unspecified atom stereocenters. The minimum absolute atomic E-state index is 0.377. The lowest BCUT2D eigenvalue weighted by Crippen LogP contribution is -1.89. The summed E-state index contributed by atoms with van der Waals surface area (Å²) in [4.78, 5) is 13.6. The van der Waals surface area contributed by atoms with Gasteiger partial charge in [-0.2, -0.15) is 0 Å². The summed E-state index contributed by atoms with van der Waals surface area (Å²) in [5, 5.41) is 11.1. The Kier molecular flexibility index (Phi) is 3.66. The first-order valence-corrected chi connectivity index (χ1v) is 8.24. The van der Waals surface area contributed by atoms with Crippen molar-refractivity contribution in [2.45, 2.75) is 13.8 Å². The first kappa shape index (κ1) is 14.0. The molecule has 0 saturated carbocycles. The zero-order valence-corrected chi connectivity index (χ0v) is 13.3. The van der Waals surface area contributed by atoms with Gasteiger partial charge in [-0.05, 0) is 71.8 Å². The second-order valence-corrected chi connectivity index (χ2v) is 6.96. The van der Waals surface area contributed by atoms with Crippen LogP contribution in [0.1, 0.15) is 20.8 Å². The molecule has 4 heteroatoms. The Balaban J connectivity index is 2.07. The van der Waals surface area contributed by atoms with Crippen molar-refractivity contribution in [2.75, 3.05) is 0 Å². The van der Waals surface area contributed by atoms with E-state index in [-0.39, 0.29) is 0 Å². The quantitative estimate of drug-likeness (QED) is 0.697. The minimum Gasteiger partial charge on any atom is -0.477 e. The van der Waals surface area contributed by atoms with Gasteiger partial charge in [-0.1, -0.05) is 6.07 Å².